The van der Waals surface area contributed by atoms with Crippen LogP contribution in [-0.4, -0.2) is 31.1 Å². The highest BCUT2D eigenvalue weighted by molar-refractivity contribution is 4.88. The molecule has 3 nitrogen and oxygen atoms in total. The molecule has 0 bridgehead atoms. The minimum atomic E-state index is -0.396. The van der Waals surface area contributed by atoms with Crippen molar-refractivity contribution in [2.45, 2.75) is 58.4 Å². The van der Waals surface area contributed by atoms with Gasteiger partial charge in [-0.05, 0) is 38.5 Å². The molecule has 0 aromatic rings. The summed E-state index contributed by atoms with van der Waals surface area (Å²) < 4.78 is 11.3. The third-order valence-corrected chi connectivity index (χ3v) is 4.18. The Morgan fingerprint density at radius 1 is 1.06 bits per heavy atom. The second kappa shape index (κ2) is 4.63. The predicted octanol–water partition coefficient (Wildman–Crippen LogP) is 2.16. The maximum Gasteiger partial charge on any atom is 0.162 e. The van der Waals surface area contributed by atoms with Gasteiger partial charge in [0.2, 0.25) is 0 Å². The standard InChI is InChI=1S/C13H25NO2/c1-9-5-6-12(10(9)2)14-11-7-15-13(3,4)16-8-11/h9-12,14H,5-8H2,1-4H3. The van der Waals surface area contributed by atoms with Crippen molar-refractivity contribution in [2.24, 2.45) is 11.8 Å². The summed E-state index contributed by atoms with van der Waals surface area (Å²) in [5, 5.41) is 3.69. The van der Waals surface area contributed by atoms with E-state index < -0.39 is 5.79 Å². The molecule has 0 aromatic heterocycles. The maximum absolute atomic E-state index is 5.67. The van der Waals surface area contributed by atoms with Gasteiger partial charge in [-0.1, -0.05) is 13.8 Å². The zero-order valence-electron chi connectivity index (χ0n) is 11.0. The molecule has 16 heavy (non-hydrogen) atoms. The molecule has 1 heterocycles. The first-order valence-electron chi connectivity index (χ1n) is 6.52. The molecular weight excluding hydrogens is 202 g/mol. The molecule has 1 aliphatic heterocycles. The number of hydrogen-bond acceptors (Lipinski definition) is 3. The molecule has 2 rings (SSSR count). The van der Waals surface area contributed by atoms with E-state index in [9.17, 15) is 0 Å². The lowest BCUT2D eigenvalue weighted by Crippen LogP contribution is -2.52. The Bertz CT molecular complexity index is 232. The van der Waals surface area contributed by atoms with E-state index >= 15 is 0 Å². The third kappa shape index (κ3) is 2.76. The topological polar surface area (TPSA) is 30.5 Å². The summed E-state index contributed by atoms with van der Waals surface area (Å²) in [6.07, 6.45) is 2.64. The van der Waals surface area contributed by atoms with Crippen LogP contribution < -0.4 is 5.32 Å². The van der Waals surface area contributed by atoms with Crippen LogP contribution in [-0.2, 0) is 9.47 Å². The molecule has 0 radical (unpaired) electrons. The molecule has 1 aliphatic carbocycles. The fraction of sp³-hybridized carbons (Fsp3) is 1.00. The van der Waals surface area contributed by atoms with E-state index in [0.717, 1.165) is 25.0 Å². The average Bonchev–Trinajstić information content (AvgIpc) is 2.53. The van der Waals surface area contributed by atoms with Crippen molar-refractivity contribution in [3.63, 3.8) is 0 Å². The third-order valence-electron chi connectivity index (χ3n) is 4.18. The van der Waals surface area contributed by atoms with Gasteiger partial charge in [0.05, 0.1) is 19.3 Å². The zero-order chi connectivity index (χ0) is 11.8. The summed E-state index contributed by atoms with van der Waals surface area (Å²) in [5.41, 5.74) is 0. The van der Waals surface area contributed by atoms with Crippen molar-refractivity contribution in [1.29, 1.82) is 0 Å². The molecule has 0 amide bonds. The van der Waals surface area contributed by atoms with Crippen molar-refractivity contribution < 1.29 is 9.47 Å². The molecule has 0 aromatic carbocycles. The largest absolute Gasteiger partial charge is 0.349 e. The first kappa shape index (κ1) is 12.3. The highest BCUT2D eigenvalue weighted by atomic mass is 16.7. The first-order valence-corrected chi connectivity index (χ1v) is 6.52. The van der Waals surface area contributed by atoms with E-state index in [2.05, 4.69) is 19.2 Å². The van der Waals surface area contributed by atoms with E-state index in [1.807, 2.05) is 13.8 Å². The Balaban J connectivity index is 1.79. The van der Waals surface area contributed by atoms with Crippen molar-refractivity contribution in [3.05, 3.63) is 0 Å². The SMILES string of the molecule is CC1CCC(NC2COC(C)(C)OC2)C1C. The average molecular weight is 227 g/mol. The van der Waals surface area contributed by atoms with E-state index in [1.165, 1.54) is 12.8 Å². The molecule has 3 unspecified atom stereocenters. The van der Waals surface area contributed by atoms with Crippen molar-refractivity contribution in [3.8, 4) is 0 Å². The molecule has 2 aliphatic rings. The van der Waals surface area contributed by atoms with Crippen molar-refractivity contribution >= 4 is 0 Å². The second-order valence-corrected chi connectivity index (χ2v) is 5.91. The van der Waals surface area contributed by atoms with Crippen molar-refractivity contribution in [1.82, 2.24) is 5.32 Å². The number of rotatable bonds is 2. The predicted molar refractivity (Wildman–Crippen MR) is 64.3 cm³/mol. The van der Waals surface area contributed by atoms with Gasteiger partial charge >= 0.3 is 0 Å². The summed E-state index contributed by atoms with van der Waals surface area (Å²) in [5.74, 6) is 1.22. The number of hydrogen-bond donors (Lipinski definition) is 1. The number of nitrogens with one attached hydrogen (secondary N) is 1. The quantitative estimate of drug-likeness (QED) is 0.784. The lowest BCUT2D eigenvalue weighted by Gasteiger charge is -2.37. The normalized spacial score (nSPS) is 40.1. The molecular formula is C13H25NO2. The van der Waals surface area contributed by atoms with E-state index in [-0.39, 0.29) is 0 Å². The first-order chi connectivity index (χ1) is 7.48. The molecule has 3 heteroatoms. The van der Waals surface area contributed by atoms with Gasteiger partial charge in [-0.2, -0.15) is 0 Å². The van der Waals surface area contributed by atoms with Gasteiger partial charge in [0.15, 0.2) is 5.79 Å². The minimum absolute atomic E-state index is 0.366. The summed E-state index contributed by atoms with van der Waals surface area (Å²) in [7, 11) is 0. The maximum atomic E-state index is 5.67. The Morgan fingerprint density at radius 2 is 1.69 bits per heavy atom. The summed E-state index contributed by atoms with van der Waals surface area (Å²) in [6, 6.07) is 1.01. The van der Waals surface area contributed by atoms with Crippen LogP contribution in [0.25, 0.3) is 0 Å². The molecule has 1 saturated heterocycles. The fourth-order valence-corrected chi connectivity index (χ4v) is 2.69. The molecule has 1 saturated carbocycles. The molecule has 0 spiro atoms. The Hall–Kier alpha value is -0.120. The van der Waals surface area contributed by atoms with Gasteiger partial charge in [0.25, 0.3) is 0 Å². The summed E-state index contributed by atoms with van der Waals surface area (Å²) >= 11 is 0. The van der Waals surface area contributed by atoms with E-state index in [0.29, 0.717) is 12.1 Å². The smallest absolute Gasteiger partial charge is 0.162 e. The van der Waals surface area contributed by atoms with Gasteiger partial charge in [-0.25, -0.2) is 0 Å². The van der Waals surface area contributed by atoms with Gasteiger partial charge in [0.1, 0.15) is 0 Å². The lowest BCUT2D eigenvalue weighted by atomic mass is 9.97. The van der Waals surface area contributed by atoms with E-state index in [1.54, 1.807) is 0 Å². The molecule has 1 N–H and O–H groups in total. The minimum Gasteiger partial charge on any atom is -0.349 e. The second-order valence-electron chi connectivity index (χ2n) is 5.91. The van der Waals surface area contributed by atoms with Crippen LogP contribution in [0.2, 0.25) is 0 Å². The van der Waals surface area contributed by atoms with Crippen LogP contribution in [0.15, 0.2) is 0 Å². The van der Waals surface area contributed by atoms with Crippen LogP contribution in [0.4, 0.5) is 0 Å². The number of ether oxygens (including phenoxy) is 2. The van der Waals surface area contributed by atoms with Crippen LogP contribution >= 0.6 is 0 Å². The highest BCUT2D eigenvalue weighted by Gasteiger charge is 2.34. The van der Waals surface area contributed by atoms with Crippen LogP contribution in [0.3, 0.4) is 0 Å². The fourth-order valence-electron chi connectivity index (χ4n) is 2.69. The van der Waals surface area contributed by atoms with Gasteiger partial charge < -0.3 is 14.8 Å². The summed E-state index contributed by atoms with van der Waals surface area (Å²) in [4.78, 5) is 0. The van der Waals surface area contributed by atoms with Crippen LogP contribution in [0, 0.1) is 11.8 Å². The Morgan fingerprint density at radius 3 is 2.19 bits per heavy atom. The van der Waals surface area contributed by atoms with E-state index in [4.69, 9.17) is 9.47 Å². The van der Waals surface area contributed by atoms with Crippen molar-refractivity contribution in [2.75, 3.05) is 13.2 Å². The lowest BCUT2D eigenvalue weighted by molar-refractivity contribution is -0.253. The summed E-state index contributed by atoms with van der Waals surface area (Å²) in [6.45, 7) is 10.2. The molecule has 2 fully saturated rings. The molecule has 94 valence electrons. The Labute approximate surface area is 98.9 Å². The van der Waals surface area contributed by atoms with Gasteiger partial charge in [-0.3, -0.25) is 0 Å². The highest BCUT2D eigenvalue weighted by Crippen LogP contribution is 2.31. The van der Waals surface area contributed by atoms with Crippen LogP contribution in [0.5, 0.6) is 0 Å². The zero-order valence-corrected chi connectivity index (χ0v) is 11.0. The van der Waals surface area contributed by atoms with Gasteiger partial charge in [0, 0.05) is 6.04 Å². The van der Waals surface area contributed by atoms with Crippen LogP contribution in [0.1, 0.15) is 40.5 Å². The molecule has 3 atom stereocenters. The monoisotopic (exact) mass is 227 g/mol. The van der Waals surface area contributed by atoms with Gasteiger partial charge in [-0.15, -0.1) is 0 Å². The Kier molecular flexibility index (Phi) is 3.57.